The van der Waals surface area contributed by atoms with Gasteiger partial charge in [-0.15, -0.1) is 0 Å². The van der Waals surface area contributed by atoms with Gasteiger partial charge in [0.1, 0.15) is 12.2 Å². The van der Waals surface area contributed by atoms with Crippen molar-refractivity contribution in [1.82, 2.24) is 0 Å². The van der Waals surface area contributed by atoms with Crippen molar-refractivity contribution in [3.63, 3.8) is 0 Å². The molecular weight excluding hydrogens is 392 g/mol. The second-order valence-corrected chi connectivity index (χ2v) is 9.06. The highest BCUT2D eigenvalue weighted by Crippen LogP contribution is 2.28. The molecule has 4 fully saturated rings. The van der Waals surface area contributed by atoms with E-state index in [-0.39, 0.29) is 37.3 Å². The van der Waals surface area contributed by atoms with Crippen LogP contribution < -0.4 is 0 Å². The lowest BCUT2D eigenvalue weighted by molar-refractivity contribution is -0.169. The van der Waals surface area contributed by atoms with E-state index in [0.717, 1.165) is 64.6 Å². The molecule has 2 saturated carbocycles. The SMILES string of the molecule is O=C(OCC1CCC(OCC2CO2)CC1)C(=O)OCC1CCC(OCC2CO2)CC1. The van der Waals surface area contributed by atoms with Gasteiger partial charge in [0.2, 0.25) is 0 Å². The van der Waals surface area contributed by atoms with Crippen molar-refractivity contribution >= 4 is 11.9 Å². The standard InChI is InChI=1S/C22H34O8/c23-21(29-9-15-1-5-17(6-2-15)25-11-19-13-27-19)22(24)30-10-16-3-7-18(8-4-16)26-12-20-14-28-20/h15-20H,1-14H2. The van der Waals surface area contributed by atoms with E-state index in [0.29, 0.717) is 25.4 Å². The molecule has 0 bridgehead atoms. The maximum Gasteiger partial charge on any atom is 0.417 e. The first-order valence-corrected chi connectivity index (χ1v) is 11.5. The average molecular weight is 427 g/mol. The van der Waals surface area contributed by atoms with E-state index in [1.807, 2.05) is 0 Å². The number of carbonyl (C=O) groups is 2. The van der Waals surface area contributed by atoms with E-state index in [1.165, 1.54) is 0 Å². The van der Waals surface area contributed by atoms with Gasteiger partial charge in [0.25, 0.3) is 0 Å². The van der Waals surface area contributed by atoms with Gasteiger partial charge >= 0.3 is 11.9 Å². The van der Waals surface area contributed by atoms with Crippen LogP contribution in [0.1, 0.15) is 51.4 Å². The van der Waals surface area contributed by atoms with Crippen LogP contribution in [0.4, 0.5) is 0 Å². The molecule has 2 atom stereocenters. The van der Waals surface area contributed by atoms with Gasteiger partial charge in [-0.3, -0.25) is 0 Å². The average Bonchev–Trinajstić information content (AvgIpc) is 3.69. The van der Waals surface area contributed by atoms with Crippen molar-refractivity contribution in [3.8, 4) is 0 Å². The van der Waals surface area contributed by atoms with Crippen molar-refractivity contribution in [2.45, 2.75) is 75.8 Å². The summed E-state index contributed by atoms with van der Waals surface area (Å²) in [6.45, 7) is 3.54. The summed E-state index contributed by atoms with van der Waals surface area (Å²) in [4.78, 5) is 23.9. The molecule has 0 radical (unpaired) electrons. The van der Waals surface area contributed by atoms with E-state index in [4.69, 9.17) is 28.4 Å². The largest absolute Gasteiger partial charge is 0.457 e. The van der Waals surface area contributed by atoms with Gasteiger partial charge in [0, 0.05) is 0 Å². The monoisotopic (exact) mass is 426 g/mol. The van der Waals surface area contributed by atoms with Gasteiger partial charge in [-0.05, 0) is 63.2 Å². The maximum absolute atomic E-state index is 11.9. The zero-order valence-corrected chi connectivity index (χ0v) is 17.6. The second kappa shape index (κ2) is 10.9. The summed E-state index contributed by atoms with van der Waals surface area (Å²) in [5, 5.41) is 0. The fourth-order valence-corrected chi connectivity index (χ4v) is 4.25. The first kappa shape index (κ1) is 22.0. The minimum absolute atomic E-state index is 0.272. The van der Waals surface area contributed by atoms with Crippen LogP contribution in [0, 0.1) is 11.8 Å². The van der Waals surface area contributed by atoms with E-state index < -0.39 is 11.9 Å². The van der Waals surface area contributed by atoms with E-state index in [9.17, 15) is 9.59 Å². The Kier molecular flexibility index (Phi) is 7.98. The molecule has 2 saturated heterocycles. The van der Waals surface area contributed by atoms with Crippen molar-refractivity contribution in [2.24, 2.45) is 11.8 Å². The molecule has 0 spiro atoms. The third-order valence-corrected chi connectivity index (χ3v) is 6.49. The van der Waals surface area contributed by atoms with Gasteiger partial charge in [-0.25, -0.2) is 9.59 Å². The smallest absolute Gasteiger partial charge is 0.417 e. The number of esters is 2. The van der Waals surface area contributed by atoms with Crippen molar-refractivity contribution in [2.75, 3.05) is 39.6 Å². The van der Waals surface area contributed by atoms with Gasteiger partial charge in [-0.2, -0.15) is 0 Å². The summed E-state index contributed by atoms with van der Waals surface area (Å²) in [5.41, 5.74) is 0. The molecule has 0 aromatic heterocycles. The Hall–Kier alpha value is -1.22. The number of rotatable bonds is 10. The molecule has 2 heterocycles. The first-order valence-electron chi connectivity index (χ1n) is 11.5. The summed E-state index contributed by atoms with van der Waals surface area (Å²) in [6.07, 6.45) is 8.72. The minimum Gasteiger partial charge on any atom is -0.457 e. The molecule has 0 N–H and O–H groups in total. The molecule has 4 rings (SSSR count). The molecular formula is C22H34O8. The highest BCUT2D eigenvalue weighted by atomic mass is 16.6. The van der Waals surface area contributed by atoms with Crippen LogP contribution in [0.25, 0.3) is 0 Å². The third-order valence-electron chi connectivity index (χ3n) is 6.49. The van der Waals surface area contributed by atoms with Crippen molar-refractivity contribution < 1.29 is 38.0 Å². The zero-order valence-electron chi connectivity index (χ0n) is 17.6. The predicted molar refractivity (Wildman–Crippen MR) is 105 cm³/mol. The normalized spacial score (nSPS) is 35.5. The van der Waals surface area contributed by atoms with Crippen LogP contribution >= 0.6 is 0 Å². The van der Waals surface area contributed by atoms with Crippen LogP contribution in [0.15, 0.2) is 0 Å². The Morgan fingerprint density at radius 2 is 0.967 bits per heavy atom. The Morgan fingerprint density at radius 3 is 1.30 bits per heavy atom. The lowest BCUT2D eigenvalue weighted by atomic mass is 9.88. The quantitative estimate of drug-likeness (QED) is 0.297. The molecule has 170 valence electrons. The Bertz CT molecular complexity index is 507. The summed E-state index contributed by atoms with van der Waals surface area (Å²) in [6, 6.07) is 0. The molecule has 8 heteroatoms. The topological polar surface area (TPSA) is 96.1 Å². The molecule has 8 nitrogen and oxygen atoms in total. The number of carbonyl (C=O) groups excluding carboxylic acids is 2. The predicted octanol–water partition coefficient (Wildman–Crippen LogP) is 2.02. The number of hydrogen-bond donors (Lipinski definition) is 0. The lowest BCUT2D eigenvalue weighted by Crippen LogP contribution is -2.30. The van der Waals surface area contributed by atoms with Crippen molar-refractivity contribution in [3.05, 3.63) is 0 Å². The molecule has 2 unspecified atom stereocenters. The Morgan fingerprint density at radius 1 is 0.600 bits per heavy atom. The van der Waals surface area contributed by atoms with Gasteiger partial charge in [0.15, 0.2) is 0 Å². The Labute approximate surface area is 177 Å². The summed E-state index contributed by atoms with van der Waals surface area (Å²) in [5.74, 6) is -1.17. The molecule has 2 aliphatic heterocycles. The van der Waals surface area contributed by atoms with Crippen LogP contribution in [0.5, 0.6) is 0 Å². The highest BCUT2D eigenvalue weighted by Gasteiger charge is 2.30. The molecule has 0 amide bonds. The summed E-state index contributed by atoms with van der Waals surface area (Å²) >= 11 is 0. The highest BCUT2D eigenvalue weighted by molar-refractivity contribution is 6.29. The first-order chi connectivity index (χ1) is 14.7. The van der Waals surface area contributed by atoms with Crippen LogP contribution in [-0.4, -0.2) is 76.0 Å². The van der Waals surface area contributed by atoms with Crippen molar-refractivity contribution in [1.29, 1.82) is 0 Å². The summed E-state index contributed by atoms with van der Waals surface area (Å²) in [7, 11) is 0. The summed E-state index contributed by atoms with van der Waals surface area (Å²) < 4.78 is 32.3. The molecule has 0 aromatic carbocycles. The fraction of sp³-hybridized carbons (Fsp3) is 0.909. The third kappa shape index (κ3) is 7.48. The van der Waals surface area contributed by atoms with Crippen LogP contribution in [0.2, 0.25) is 0 Å². The molecule has 30 heavy (non-hydrogen) atoms. The number of ether oxygens (including phenoxy) is 6. The molecule has 2 aliphatic carbocycles. The van der Waals surface area contributed by atoms with E-state index in [2.05, 4.69) is 0 Å². The van der Waals surface area contributed by atoms with Crippen LogP contribution in [0.3, 0.4) is 0 Å². The fourth-order valence-electron chi connectivity index (χ4n) is 4.25. The van der Waals surface area contributed by atoms with Gasteiger partial charge < -0.3 is 28.4 Å². The maximum atomic E-state index is 11.9. The van der Waals surface area contributed by atoms with Crippen LogP contribution in [-0.2, 0) is 38.0 Å². The van der Waals surface area contributed by atoms with E-state index >= 15 is 0 Å². The van der Waals surface area contributed by atoms with Gasteiger partial charge in [-0.1, -0.05) is 0 Å². The van der Waals surface area contributed by atoms with E-state index in [1.54, 1.807) is 0 Å². The Balaban J connectivity index is 1.02. The second-order valence-electron chi connectivity index (χ2n) is 9.06. The minimum atomic E-state index is -0.874. The van der Waals surface area contributed by atoms with Gasteiger partial charge in [0.05, 0.1) is 51.8 Å². The lowest BCUT2D eigenvalue weighted by Gasteiger charge is -2.28. The molecule has 0 aromatic rings. The number of epoxide rings is 2. The molecule has 4 aliphatic rings. The zero-order chi connectivity index (χ0) is 20.8. The number of hydrogen-bond acceptors (Lipinski definition) is 8.